The van der Waals surface area contributed by atoms with Gasteiger partial charge in [-0.15, -0.1) is 5.10 Å². The number of H-pyrrole nitrogens is 1. The van der Waals surface area contributed by atoms with Crippen LogP contribution in [-0.4, -0.2) is 116 Å². The van der Waals surface area contributed by atoms with Gasteiger partial charge >= 0.3 is 23.9 Å². The third-order valence-corrected chi connectivity index (χ3v) is 11.0. The molecule has 18 heteroatoms. The minimum atomic E-state index is -1.55. The van der Waals surface area contributed by atoms with E-state index in [1.807, 2.05) is 32.0 Å². The number of aromatic nitrogens is 2. The van der Waals surface area contributed by atoms with Crippen LogP contribution in [0.5, 0.6) is 17.4 Å². The van der Waals surface area contributed by atoms with Crippen LogP contribution < -0.4 is 25.3 Å². The molecule has 1 amide bonds. The number of carbonyl (C=O) groups is 5. The summed E-state index contributed by atoms with van der Waals surface area (Å²) in [6, 6.07) is 5.66. The summed E-state index contributed by atoms with van der Waals surface area (Å²) in [5, 5.41) is 11.0. The molecule has 1 aromatic heterocycles. The number of hydrogen-bond donors (Lipinski definition) is 3. The van der Waals surface area contributed by atoms with Gasteiger partial charge in [-0.1, -0.05) is 19.9 Å². The summed E-state index contributed by atoms with van der Waals surface area (Å²) >= 11 is 0. The average molecular weight is 959 g/mol. The van der Waals surface area contributed by atoms with Crippen LogP contribution in [0.3, 0.4) is 0 Å². The van der Waals surface area contributed by atoms with Gasteiger partial charge in [-0.2, -0.15) is 0 Å². The third kappa shape index (κ3) is 16.4. The van der Waals surface area contributed by atoms with Crippen molar-refractivity contribution < 1.29 is 66.6 Å². The van der Waals surface area contributed by atoms with Crippen LogP contribution in [0.25, 0.3) is 0 Å². The maximum Gasteiger partial charge on any atom is 0.311 e. The van der Waals surface area contributed by atoms with Crippen LogP contribution >= 0.6 is 0 Å². The van der Waals surface area contributed by atoms with E-state index in [1.54, 1.807) is 83.1 Å². The molecule has 0 unspecified atom stereocenters. The second kappa shape index (κ2) is 23.6. The molecule has 5 atom stereocenters. The quantitative estimate of drug-likeness (QED) is 0.0732. The van der Waals surface area contributed by atoms with Gasteiger partial charge in [0.2, 0.25) is 24.2 Å². The summed E-state index contributed by atoms with van der Waals surface area (Å²) in [4.78, 5) is 65.8. The number of hydrogen-bond acceptors (Lipinski definition) is 16. The Bertz CT molecular complexity index is 2020. The van der Waals surface area contributed by atoms with Crippen LogP contribution in [0.1, 0.15) is 145 Å². The predicted octanol–water partition coefficient (Wildman–Crippen LogP) is 6.48. The highest BCUT2D eigenvalue weighted by molar-refractivity contribution is 5.78. The van der Waals surface area contributed by atoms with Crippen molar-refractivity contribution in [2.24, 2.45) is 27.4 Å². The predicted molar refractivity (Wildman–Crippen MR) is 251 cm³/mol. The van der Waals surface area contributed by atoms with Gasteiger partial charge in [-0.3, -0.25) is 29.1 Å². The van der Waals surface area contributed by atoms with Crippen molar-refractivity contribution in [3.63, 3.8) is 0 Å². The summed E-state index contributed by atoms with van der Waals surface area (Å²) in [7, 11) is 0. The Balaban J connectivity index is 1.81. The number of carbonyl (C=O) groups excluding carboxylic acids is 5. The van der Waals surface area contributed by atoms with Crippen molar-refractivity contribution >= 4 is 29.8 Å². The van der Waals surface area contributed by atoms with E-state index in [9.17, 15) is 24.0 Å². The number of rotatable bonds is 20. The van der Waals surface area contributed by atoms with Crippen LogP contribution in [0, 0.1) is 21.7 Å². The zero-order chi connectivity index (χ0) is 50.8. The molecule has 0 radical (unpaired) electrons. The topological polar surface area (TPSA) is 235 Å². The van der Waals surface area contributed by atoms with Gasteiger partial charge in [0.25, 0.3) is 0 Å². The highest BCUT2D eigenvalue weighted by atomic mass is 16.7. The van der Waals surface area contributed by atoms with Gasteiger partial charge in [-0.25, -0.2) is 0 Å². The first-order valence-corrected chi connectivity index (χ1v) is 23.7. The van der Waals surface area contributed by atoms with Crippen LogP contribution in [0.15, 0.2) is 18.2 Å². The summed E-state index contributed by atoms with van der Waals surface area (Å²) in [6.45, 7) is 26.3. The zero-order valence-corrected chi connectivity index (χ0v) is 42.8. The van der Waals surface area contributed by atoms with Crippen molar-refractivity contribution in [1.82, 2.24) is 15.5 Å². The molecule has 4 rings (SSSR count). The Kier molecular flexibility index (Phi) is 19.3. The highest BCUT2D eigenvalue weighted by Gasteiger charge is 2.56. The third-order valence-electron chi connectivity index (χ3n) is 11.0. The van der Waals surface area contributed by atoms with Crippen LogP contribution in [0.2, 0.25) is 0 Å². The standard InChI is InChI=1S/C50H78N4O14/c1-29(2)37-33(26-30-16-17-32(61-23-15-21-52-22-18-36(51)55)27-34(30)63-31-19-24-60-25-20-31)41(54-53-37)68-42-40(67-46(59)50(12,13)14)39(66-45(58)49(9,10)11)38(65-44(57)48(6,7)8)35(64-42)28-62-43(56)47(3,4)5/h16-17,27,29,31,35,38-40,42,52H,15,18-26,28H2,1-14H3,(H2,51,55)(H,53,54)/t35-,38-,39+,40-,42+/m1/s1. The maximum absolute atomic E-state index is 13.9. The SMILES string of the molecule is CC(C)c1[nH]nc(O[C@@H]2O[C@H](COC(=O)C(C)(C)C)[C@@H](OC(=O)C(C)(C)C)[C@H](OC(=O)C(C)(C)C)[C@H]2OC(=O)C(C)(C)C)c1Cc1ccc(OCCCNCCC(N)=O)cc1OC1CCOCC1. The molecule has 18 nitrogen and oxygen atoms in total. The molecule has 2 aromatic rings. The zero-order valence-electron chi connectivity index (χ0n) is 42.8. The number of nitrogens with one attached hydrogen (secondary N) is 2. The number of amides is 1. The fourth-order valence-electron chi connectivity index (χ4n) is 6.77. The van der Waals surface area contributed by atoms with Gasteiger partial charge in [0.1, 0.15) is 30.3 Å². The summed E-state index contributed by atoms with van der Waals surface area (Å²) in [5.74, 6) is -1.76. The number of ether oxygens (including phenoxy) is 9. The molecule has 1 aromatic carbocycles. The van der Waals surface area contributed by atoms with Crippen LogP contribution in [0.4, 0.5) is 0 Å². The number of primary amides is 1. The number of esters is 4. The van der Waals surface area contributed by atoms with Gasteiger partial charge in [-0.05, 0) is 114 Å². The number of aromatic amines is 1. The smallest absolute Gasteiger partial charge is 0.311 e. The fourth-order valence-corrected chi connectivity index (χ4v) is 6.77. The second-order valence-corrected chi connectivity index (χ2v) is 22.0. The maximum atomic E-state index is 13.9. The minimum Gasteiger partial charge on any atom is -0.493 e. The summed E-state index contributed by atoms with van der Waals surface area (Å²) in [5.41, 5.74) is 3.36. The molecule has 3 heterocycles. The van der Waals surface area contributed by atoms with Gasteiger partial charge in [0, 0.05) is 49.6 Å². The van der Waals surface area contributed by atoms with Crippen LogP contribution in [-0.2, 0) is 58.8 Å². The Morgan fingerprint density at radius 3 is 1.91 bits per heavy atom. The van der Waals surface area contributed by atoms with E-state index in [-0.39, 0.29) is 36.7 Å². The lowest BCUT2D eigenvalue weighted by molar-refractivity contribution is -0.294. The second-order valence-electron chi connectivity index (χ2n) is 22.0. The first-order valence-electron chi connectivity index (χ1n) is 23.7. The lowest BCUT2D eigenvalue weighted by Gasteiger charge is -2.45. The van der Waals surface area contributed by atoms with E-state index < -0.39 is 82.8 Å². The fraction of sp³-hybridized carbons (Fsp3) is 0.720. The van der Waals surface area contributed by atoms with E-state index in [0.29, 0.717) is 69.2 Å². The molecular weight excluding hydrogens is 881 g/mol. The van der Waals surface area contributed by atoms with Crippen molar-refractivity contribution in [3.05, 3.63) is 35.0 Å². The highest BCUT2D eigenvalue weighted by Crippen LogP contribution is 2.38. The van der Waals surface area contributed by atoms with Crippen molar-refractivity contribution in [2.75, 3.05) is 39.5 Å². The Hall–Kier alpha value is -4.94. The molecule has 0 bridgehead atoms. The lowest BCUT2D eigenvalue weighted by atomic mass is 9.93. The number of nitrogens with two attached hydrogens (primary N) is 1. The number of nitrogens with zero attached hydrogens (tertiary/aromatic N) is 1. The largest absolute Gasteiger partial charge is 0.493 e. The monoisotopic (exact) mass is 959 g/mol. The Morgan fingerprint density at radius 2 is 1.35 bits per heavy atom. The first-order chi connectivity index (χ1) is 31.6. The van der Waals surface area contributed by atoms with Gasteiger partial charge in [0.15, 0.2) is 12.2 Å². The molecule has 0 spiro atoms. The molecule has 2 saturated heterocycles. The first kappa shape index (κ1) is 55.7. The molecule has 4 N–H and O–H groups in total. The van der Waals surface area contributed by atoms with E-state index in [1.165, 1.54) is 0 Å². The molecule has 0 saturated carbocycles. The Morgan fingerprint density at radius 1 is 0.779 bits per heavy atom. The van der Waals surface area contributed by atoms with Crippen molar-refractivity contribution in [3.8, 4) is 17.4 Å². The molecular formula is C50H78N4O14. The van der Waals surface area contributed by atoms with Gasteiger partial charge in [0.05, 0.1) is 41.5 Å². The summed E-state index contributed by atoms with van der Waals surface area (Å²) in [6.07, 6.45) is -4.83. The molecule has 2 aliphatic heterocycles. The molecule has 0 aliphatic carbocycles. The average Bonchev–Trinajstić information content (AvgIpc) is 3.62. The van der Waals surface area contributed by atoms with E-state index in [2.05, 4.69) is 15.5 Å². The van der Waals surface area contributed by atoms with Crippen molar-refractivity contribution in [2.45, 2.75) is 172 Å². The Labute approximate surface area is 402 Å². The van der Waals surface area contributed by atoms with Gasteiger partial charge < -0.3 is 53.7 Å². The normalized spacial score (nSPS) is 20.6. The lowest BCUT2D eigenvalue weighted by Crippen LogP contribution is -2.65. The van der Waals surface area contributed by atoms with E-state index >= 15 is 0 Å². The molecule has 2 aliphatic rings. The van der Waals surface area contributed by atoms with E-state index in [0.717, 1.165) is 11.3 Å². The summed E-state index contributed by atoms with van der Waals surface area (Å²) < 4.78 is 56.1. The number of benzene rings is 1. The molecule has 68 heavy (non-hydrogen) atoms. The molecule has 382 valence electrons. The minimum absolute atomic E-state index is 0.0815. The van der Waals surface area contributed by atoms with Crippen molar-refractivity contribution in [1.29, 1.82) is 0 Å². The molecule has 2 fully saturated rings. The van der Waals surface area contributed by atoms with E-state index in [4.69, 9.17) is 48.4 Å².